The number of aliphatic hydroxyl groups excluding tert-OH is 1. The minimum Gasteiger partial charge on any atom is -0.462 e. The van der Waals surface area contributed by atoms with Crippen molar-refractivity contribution in [3.8, 4) is 0 Å². The predicted molar refractivity (Wildman–Crippen MR) is 409 cm³/mol. The van der Waals surface area contributed by atoms with Crippen LogP contribution in [0.25, 0.3) is 0 Å². The maximum atomic E-state index is 13.1. The molecule has 0 aromatic heterocycles. The van der Waals surface area contributed by atoms with Crippen LogP contribution < -0.4 is 0 Å². The minimum absolute atomic E-state index is 0.106. The maximum Gasteiger partial charge on any atom is 0.472 e. The Kier molecular flexibility index (Phi) is 68.7. The summed E-state index contributed by atoms with van der Waals surface area (Å²) in [6.07, 6.45) is 57.1. The molecule has 0 amide bonds. The van der Waals surface area contributed by atoms with E-state index < -0.39 is 97.5 Å². The molecule has 3 N–H and O–H groups in total. The van der Waals surface area contributed by atoms with E-state index in [1.807, 2.05) is 0 Å². The van der Waals surface area contributed by atoms with Gasteiger partial charge in [-0.2, -0.15) is 0 Å². The molecule has 0 heterocycles. The molecule has 0 aliphatic carbocycles. The lowest BCUT2D eigenvalue weighted by atomic mass is 10.00. The van der Waals surface area contributed by atoms with Gasteiger partial charge in [0.2, 0.25) is 0 Å². The molecule has 0 aromatic rings. The van der Waals surface area contributed by atoms with Gasteiger partial charge in [-0.25, -0.2) is 9.13 Å². The smallest absolute Gasteiger partial charge is 0.462 e. The molecule has 0 fully saturated rings. The molecular weight excluding hydrogens is 1310 g/mol. The largest absolute Gasteiger partial charge is 0.472 e. The Bertz CT molecular complexity index is 1960. The third-order valence-electron chi connectivity index (χ3n) is 19.2. The fourth-order valence-electron chi connectivity index (χ4n) is 12.4. The summed E-state index contributed by atoms with van der Waals surface area (Å²) in [6.45, 7) is 14.2. The molecule has 0 saturated carbocycles. The third-order valence-corrected chi connectivity index (χ3v) is 21.1. The van der Waals surface area contributed by atoms with E-state index in [-0.39, 0.29) is 25.7 Å². The van der Waals surface area contributed by atoms with Crippen molar-refractivity contribution in [1.82, 2.24) is 0 Å². The molecule has 0 bridgehead atoms. The van der Waals surface area contributed by atoms with Crippen molar-refractivity contribution in [2.45, 2.75) is 433 Å². The van der Waals surface area contributed by atoms with Crippen LogP contribution in [-0.2, 0) is 65.4 Å². The zero-order valence-corrected chi connectivity index (χ0v) is 67.6. The molecule has 0 aromatic carbocycles. The van der Waals surface area contributed by atoms with Gasteiger partial charge in [0.05, 0.1) is 26.4 Å². The lowest BCUT2D eigenvalue weighted by molar-refractivity contribution is -0.161. The van der Waals surface area contributed by atoms with Crippen LogP contribution in [0.5, 0.6) is 0 Å². The lowest BCUT2D eigenvalue weighted by Crippen LogP contribution is -2.30. The minimum atomic E-state index is -4.96. The standard InChI is InChI=1S/C81H158O17P2/c1-9-74(8)60-52-44-39-40-46-54-62-79(84)92-68-77(98-81(86)64-56-48-38-30-26-22-18-14-16-20-24-28-34-42-50-58-72(4)5)70-96-100(89,90)94-66-75(82)65-93-99(87,88)95-69-76(67-91-78(83)61-53-45-36-32-31-35-43-51-59-73(6)7)97-80(85)63-55-47-37-29-25-21-17-13-11-10-12-15-19-23-27-33-41-49-57-71(2)3/h71-77,82H,9-70H2,1-8H3,(H,87,88)(H,89,90)/t74?,75-,76-,77-/m1/s1. The second-order valence-electron chi connectivity index (χ2n) is 30.8. The van der Waals surface area contributed by atoms with E-state index in [1.165, 1.54) is 212 Å². The van der Waals surface area contributed by atoms with Crippen LogP contribution in [0.1, 0.15) is 415 Å². The van der Waals surface area contributed by atoms with Crippen molar-refractivity contribution < 1.29 is 80.2 Å². The fraction of sp³-hybridized carbons (Fsp3) is 0.951. The molecule has 0 radical (unpaired) electrons. The van der Waals surface area contributed by atoms with Crippen LogP contribution in [0.2, 0.25) is 0 Å². The van der Waals surface area contributed by atoms with Crippen molar-refractivity contribution in [1.29, 1.82) is 0 Å². The average molecular weight is 1470 g/mol. The van der Waals surface area contributed by atoms with Gasteiger partial charge in [0.1, 0.15) is 19.3 Å². The van der Waals surface area contributed by atoms with E-state index in [2.05, 4.69) is 55.4 Å². The quantitative estimate of drug-likeness (QED) is 0.0222. The molecule has 0 aliphatic rings. The third kappa shape index (κ3) is 73.0. The molecule has 6 atom stereocenters. The molecule has 3 unspecified atom stereocenters. The van der Waals surface area contributed by atoms with Gasteiger partial charge in [-0.05, 0) is 49.4 Å². The highest BCUT2D eigenvalue weighted by Gasteiger charge is 2.30. The molecule has 0 saturated heterocycles. The van der Waals surface area contributed by atoms with Crippen molar-refractivity contribution in [2.24, 2.45) is 23.7 Å². The fourth-order valence-corrected chi connectivity index (χ4v) is 14.0. The average Bonchev–Trinajstić information content (AvgIpc) is 0.981. The SMILES string of the molecule is CCC(C)CCCCCCCCC(=O)OC[C@H](COP(=O)(O)OC[C@H](O)COP(=O)(O)OC[C@@H](COC(=O)CCCCCCCCCCC(C)C)OC(=O)CCCCCCCCCCCCCCCCCCCCC(C)C)OC(=O)CCCCCCCCCCCCCCCCCC(C)C. The van der Waals surface area contributed by atoms with Crippen LogP contribution in [0.15, 0.2) is 0 Å². The number of aliphatic hydroxyl groups is 1. The van der Waals surface area contributed by atoms with E-state index in [4.69, 9.17) is 37.0 Å². The molecule has 0 rings (SSSR count). The summed E-state index contributed by atoms with van der Waals surface area (Å²) in [4.78, 5) is 73.0. The summed E-state index contributed by atoms with van der Waals surface area (Å²) >= 11 is 0. The highest BCUT2D eigenvalue weighted by atomic mass is 31.2. The number of carbonyl (C=O) groups is 4. The number of phosphoric ester groups is 2. The summed E-state index contributed by atoms with van der Waals surface area (Å²) < 4.78 is 68.7. The Morgan fingerprint density at radius 3 is 0.710 bits per heavy atom. The predicted octanol–water partition coefficient (Wildman–Crippen LogP) is 24.0. The monoisotopic (exact) mass is 1470 g/mol. The normalized spacial score (nSPS) is 14.3. The Morgan fingerprint density at radius 2 is 0.480 bits per heavy atom. The Labute approximate surface area is 613 Å². The lowest BCUT2D eigenvalue weighted by Gasteiger charge is -2.21. The number of hydrogen-bond acceptors (Lipinski definition) is 15. The van der Waals surface area contributed by atoms with E-state index in [9.17, 15) is 43.2 Å². The van der Waals surface area contributed by atoms with E-state index in [0.717, 1.165) is 120 Å². The van der Waals surface area contributed by atoms with Crippen LogP contribution in [-0.4, -0.2) is 96.7 Å². The Balaban J connectivity index is 5.19. The zero-order valence-electron chi connectivity index (χ0n) is 65.8. The summed E-state index contributed by atoms with van der Waals surface area (Å²) in [7, 11) is -9.92. The van der Waals surface area contributed by atoms with Gasteiger partial charge in [-0.3, -0.25) is 37.3 Å². The Morgan fingerprint density at radius 1 is 0.280 bits per heavy atom. The number of esters is 4. The summed E-state index contributed by atoms with van der Waals surface area (Å²) in [5.74, 6) is 0.963. The van der Waals surface area contributed by atoms with Gasteiger partial charge in [0.25, 0.3) is 0 Å². The molecule has 594 valence electrons. The van der Waals surface area contributed by atoms with Gasteiger partial charge in [0.15, 0.2) is 12.2 Å². The number of rotatable bonds is 78. The second kappa shape index (κ2) is 70.1. The Hall–Kier alpha value is -1.94. The van der Waals surface area contributed by atoms with Gasteiger partial charge in [0, 0.05) is 25.7 Å². The van der Waals surface area contributed by atoms with Gasteiger partial charge in [-0.1, -0.05) is 364 Å². The first kappa shape index (κ1) is 98.1. The summed E-state index contributed by atoms with van der Waals surface area (Å²) in [5.41, 5.74) is 0. The zero-order chi connectivity index (χ0) is 73.8. The molecule has 17 nitrogen and oxygen atoms in total. The second-order valence-corrected chi connectivity index (χ2v) is 33.7. The van der Waals surface area contributed by atoms with Crippen molar-refractivity contribution in [3.63, 3.8) is 0 Å². The van der Waals surface area contributed by atoms with Gasteiger partial charge < -0.3 is 33.8 Å². The highest BCUT2D eigenvalue weighted by molar-refractivity contribution is 7.47. The molecule has 0 aliphatic heterocycles. The molecular formula is C81H158O17P2. The van der Waals surface area contributed by atoms with E-state index in [1.54, 1.807) is 0 Å². The van der Waals surface area contributed by atoms with E-state index >= 15 is 0 Å². The maximum absolute atomic E-state index is 13.1. The summed E-state index contributed by atoms with van der Waals surface area (Å²) in [6, 6.07) is 0. The van der Waals surface area contributed by atoms with Crippen molar-refractivity contribution >= 4 is 39.5 Å². The van der Waals surface area contributed by atoms with Crippen LogP contribution in [0.4, 0.5) is 0 Å². The molecule has 0 spiro atoms. The number of phosphoric acid groups is 2. The molecule has 19 heteroatoms. The van der Waals surface area contributed by atoms with Crippen LogP contribution in [0.3, 0.4) is 0 Å². The number of carbonyl (C=O) groups excluding carboxylic acids is 4. The number of unbranched alkanes of at least 4 members (excludes halogenated alkanes) is 43. The molecule has 100 heavy (non-hydrogen) atoms. The van der Waals surface area contributed by atoms with Crippen molar-refractivity contribution in [3.05, 3.63) is 0 Å². The first-order valence-electron chi connectivity index (χ1n) is 41.7. The van der Waals surface area contributed by atoms with E-state index in [0.29, 0.717) is 25.7 Å². The first-order valence-corrected chi connectivity index (χ1v) is 44.7. The number of hydrogen-bond donors (Lipinski definition) is 3. The highest BCUT2D eigenvalue weighted by Crippen LogP contribution is 2.45. The van der Waals surface area contributed by atoms with Gasteiger partial charge >= 0.3 is 39.5 Å². The topological polar surface area (TPSA) is 237 Å². The summed E-state index contributed by atoms with van der Waals surface area (Å²) in [5, 5.41) is 10.6. The van der Waals surface area contributed by atoms with Crippen LogP contribution in [0, 0.1) is 23.7 Å². The number of ether oxygens (including phenoxy) is 4. The van der Waals surface area contributed by atoms with Gasteiger partial charge in [-0.15, -0.1) is 0 Å². The first-order chi connectivity index (χ1) is 48.1. The van der Waals surface area contributed by atoms with Crippen molar-refractivity contribution in [2.75, 3.05) is 39.6 Å². The van der Waals surface area contributed by atoms with Crippen LogP contribution >= 0.6 is 15.6 Å².